The minimum absolute atomic E-state index is 0.225. The second kappa shape index (κ2) is 9.07. The highest BCUT2D eigenvalue weighted by molar-refractivity contribution is 7.15. The van der Waals surface area contributed by atoms with Crippen LogP contribution in [0.25, 0.3) is 16.0 Å². The van der Waals surface area contributed by atoms with Crippen LogP contribution < -0.4 is 9.80 Å². The van der Waals surface area contributed by atoms with Gasteiger partial charge >= 0.3 is 0 Å². The van der Waals surface area contributed by atoms with Crippen LogP contribution in [0.3, 0.4) is 0 Å². The highest BCUT2D eigenvalue weighted by Crippen LogP contribution is 2.31. The predicted octanol–water partition coefficient (Wildman–Crippen LogP) is 4.61. The van der Waals surface area contributed by atoms with Crippen LogP contribution >= 0.6 is 11.3 Å². The lowest BCUT2D eigenvalue weighted by molar-refractivity contribution is 0.627. The first-order valence-corrected chi connectivity index (χ1v) is 12.4. The van der Waals surface area contributed by atoms with E-state index in [1.807, 2.05) is 16.9 Å². The number of nitrogens with zero attached hydrogens (tertiary/aromatic N) is 7. The van der Waals surface area contributed by atoms with Crippen molar-refractivity contribution in [2.24, 2.45) is 0 Å². The van der Waals surface area contributed by atoms with Crippen LogP contribution in [0.1, 0.15) is 16.0 Å². The third-order valence-corrected chi connectivity index (χ3v) is 7.34. The molecule has 0 N–H and O–H groups in total. The number of aromatic nitrogens is 5. The van der Waals surface area contributed by atoms with Crippen molar-refractivity contribution in [2.45, 2.75) is 13.3 Å². The van der Waals surface area contributed by atoms with E-state index in [2.05, 4.69) is 61.2 Å². The molecule has 1 fully saturated rings. The van der Waals surface area contributed by atoms with Gasteiger partial charge in [0, 0.05) is 66.5 Å². The molecule has 1 saturated heterocycles. The zero-order valence-corrected chi connectivity index (χ0v) is 20.1. The maximum Gasteiger partial charge on any atom is 0.225 e. The molecule has 0 amide bonds. The van der Waals surface area contributed by atoms with Crippen molar-refractivity contribution in [2.75, 3.05) is 36.0 Å². The molecule has 0 spiro atoms. The van der Waals surface area contributed by atoms with Gasteiger partial charge in [-0.15, -0.1) is 11.3 Å². The van der Waals surface area contributed by atoms with Crippen LogP contribution in [0, 0.1) is 12.7 Å². The Hall–Kier alpha value is -3.85. The van der Waals surface area contributed by atoms with Crippen LogP contribution in [0.5, 0.6) is 0 Å². The Morgan fingerprint density at radius 2 is 1.63 bits per heavy atom. The van der Waals surface area contributed by atoms with E-state index in [1.165, 1.54) is 21.9 Å². The van der Waals surface area contributed by atoms with Gasteiger partial charge in [0.2, 0.25) is 5.95 Å². The summed E-state index contributed by atoms with van der Waals surface area (Å²) in [5.74, 6) is 1.46. The number of benzene rings is 1. The lowest BCUT2D eigenvalue weighted by atomic mass is 10.1. The molecule has 6 rings (SSSR count). The SMILES string of the molecule is Cc1ccc(-c2cc3c(N4CCN(c5ncc(Cc6ccc(F)cc6)cn5)CC4)ncnn3c2)s1. The molecule has 7 nitrogen and oxygen atoms in total. The van der Waals surface area contributed by atoms with Crippen molar-refractivity contribution in [3.8, 4) is 10.4 Å². The van der Waals surface area contributed by atoms with E-state index in [9.17, 15) is 4.39 Å². The van der Waals surface area contributed by atoms with Crippen LogP contribution in [0.15, 0.2) is 67.4 Å². The summed E-state index contributed by atoms with van der Waals surface area (Å²) in [6.07, 6.45) is 8.10. The lowest BCUT2D eigenvalue weighted by Crippen LogP contribution is -2.47. The average Bonchev–Trinajstić information content (AvgIpc) is 3.52. The number of hydrogen-bond donors (Lipinski definition) is 0. The van der Waals surface area contributed by atoms with E-state index < -0.39 is 0 Å². The van der Waals surface area contributed by atoms with Crippen molar-refractivity contribution in [1.82, 2.24) is 24.6 Å². The second-order valence-electron chi connectivity index (χ2n) is 8.72. The molecule has 0 bridgehead atoms. The Labute approximate surface area is 206 Å². The van der Waals surface area contributed by atoms with Crippen LogP contribution in [-0.4, -0.2) is 50.7 Å². The van der Waals surface area contributed by atoms with Gasteiger partial charge in [-0.1, -0.05) is 12.1 Å². The van der Waals surface area contributed by atoms with Gasteiger partial charge in [-0.05, 0) is 48.4 Å². The Bertz CT molecular complexity index is 1450. The molecule has 0 unspecified atom stereocenters. The minimum Gasteiger partial charge on any atom is -0.351 e. The fraction of sp³-hybridized carbons (Fsp3) is 0.231. The number of halogens is 1. The lowest BCUT2D eigenvalue weighted by Gasteiger charge is -2.35. The van der Waals surface area contributed by atoms with Crippen molar-refractivity contribution in [3.05, 3.63) is 89.2 Å². The fourth-order valence-electron chi connectivity index (χ4n) is 4.44. The summed E-state index contributed by atoms with van der Waals surface area (Å²) in [4.78, 5) is 20.9. The van der Waals surface area contributed by atoms with Gasteiger partial charge in [0.05, 0.1) is 0 Å². The first-order chi connectivity index (χ1) is 17.1. The molecule has 5 aromatic rings. The normalized spacial score (nSPS) is 14.1. The third-order valence-electron chi connectivity index (χ3n) is 6.29. The first-order valence-electron chi connectivity index (χ1n) is 11.6. The van der Waals surface area contributed by atoms with E-state index in [-0.39, 0.29) is 5.82 Å². The molecule has 35 heavy (non-hydrogen) atoms. The Morgan fingerprint density at radius 1 is 0.886 bits per heavy atom. The summed E-state index contributed by atoms with van der Waals surface area (Å²) in [7, 11) is 0. The Balaban J connectivity index is 1.14. The van der Waals surface area contributed by atoms with Gasteiger partial charge in [0.1, 0.15) is 17.7 Å². The maximum absolute atomic E-state index is 13.1. The maximum atomic E-state index is 13.1. The molecule has 0 saturated carbocycles. The van der Waals surface area contributed by atoms with Gasteiger partial charge in [0.25, 0.3) is 0 Å². The quantitative estimate of drug-likeness (QED) is 0.362. The van der Waals surface area contributed by atoms with E-state index in [1.54, 1.807) is 29.8 Å². The highest BCUT2D eigenvalue weighted by Gasteiger charge is 2.22. The number of hydrogen-bond acceptors (Lipinski definition) is 7. The number of rotatable bonds is 5. The van der Waals surface area contributed by atoms with Gasteiger partial charge < -0.3 is 9.80 Å². The highest BCUT2D eigenvalue weighted by atomic mass is 32.1. The Morgan fingerprint density at radius 3 is 2.34 bits per heavy atom. The summed E-state index contributed by atoms with van der Waals surface area (Å²) < 4.78 is 15.0. The summed E-state index contributed by atoms with van der Waals surface area (Å²) in [5.41, 5.74) is 4.23. The van der Waals surface area contributed by atoms with Crippen LogP contribution in [-0.2, 0) is 6.42 Å². The zero-order chi connectivity index (χ0) is 23.8. The molecule has 5 heterocycles. The number of piperazine rings is 1. The van der Waals surface area contributed by atoms with E-state index in [0.29, 0.717) is 6.42 Å². The molecule has 4 aromatic heterocycles. The molecule has 1 aromatic carbocycles. The summed E-state index contributed by atoms with van der Waals surface area (Å²) in [6, 6.07) is 13.0. The van der Waals surface area contributed by atoms with Gasteiger partial charge in [0.15, 0.2) is 5.82 Å². The van der Waals surface area contributed by atoms with Gasteiger partial charge in [-0.3, -0.25) is 0 Å². The number of thiophene rings is 1. The minimum atomic E-state index is -0.225. The topological polar surface area (TPSA) is 62.5 Å². The molecule has 0 radical (unpaired) electrons. The number of aryl methyl sites for hydroxylation is 1. The number of fused-ring (bicyclic) bond motifs is 1. The van der Waals surface area contributed by atoms with Crippen molar-refractivity contribution >= 4 is 28.6 Å². The van der Waals surface area contributed by atoms with Crippen molar-refractivity contribution in [3.63, 3.8) is 0 Å². The summed E-state index contributed by atoms with van der Waals surface area (Å²) in [6.45, 7) is 5.39. The fourth-order valence-corrected chi connectivity index (χ4v) is 5.29. The summed E-state index contributed by atoms with van der Waals surface area (Å²) >= 11 is 1.79. The molecule has 0 atom stereocenters. The van der Waals surface area contributed by atoms with E-state index >= 15 is 0 Å². The molecule has 0 aliphatic carbocycles. The second-order valence-corrected chi connectivity index (χ2v) is 10.0. The van der Waals surface area contributed by atoms with Crippen LogP contribution in [0.4, 0.5) is 16.2 Å². The third kappa shape index (κ3) is 4.46. The molecular formula is C26H24FN7S. The van der Waals surface area contributed by atoms with Crippen LogP contribution in [0.2, 0.25) is 0 Å². The number of anilines is 2. The van der Waals surface area contributed by atoms with Gasteiger partial charge in [-0.25, -0.2) is 23.9 Å². The molecule has 1 aliphatic rings. The summed E-state index contributed by atoms with van der Waals surface area (Å²) in [5, 5.41) is 4.43. The predicted molar refractivity (Wildman–Crippen MR) is 137 cm³/mol. The molecule has 1 aliphatic heterocycles. The molecular weight excluding hydrogens is 461 g/mol. The van der Waals surface area contributed by atoms with E-state index in [4.69, 9.17) is 0 Å². The average molecular weight is 486 g/mol. The molecule has 176 valence electrons. The molecule has 9 heteroatoms. The largest absolute Gasteiger partial charge is 0.351 e. The van der Waals surface area contributed by atoms with E-state index in [0.717, 1.165) is 60.2 Å². The first kappa shape index (κ1) is 21.7. The smallest absolute Gasteiger partial charge is 0.225 e. The standard InChI is InChI=1S/C26H24FN7S/c1-18-2-7-24(35-18)21-13-23-25(30-17-31-34(23)16-21)32-8-10-33(11-9-32)26-28-14-20(15-29-26)12-19-3-5-22(27)6-4-19/h2-7,13-17H,8-12H2,1H3. The Kier molecular flexibility index (Phi) is 5.61. The van der Waals surface area contributed by atoms with Gasteiger partial charge in [-0.2, -0.15) is 5.10 Å². The monoisotopic (exact) mass is 485 g/mol. The zero-order valence-electron chi connectivity index (χ0n) is 19.3. The van der Waals surface area contributed by atoms with Crippen molar-refractivity contribution in [1.29, 1.82) is 0 Å². The van der Waals surface area contributed by atoms with Crippen molar-refractivity contribution < 1.29 is 4.39 Å².